The minimum atomic E-state index is -4.56. The SMILES string of the molecule is COC(=O)CCCc1cc2cc(C(F)(F)F)ccc2n1S(=O)(=O)c1ccc2ncsc2c1. The molecule has 11 heteroatoms. The molecule has 0 atom stereocenters. The monoisotopic (exact) mass is 482 g/mol. The number of aryl methyl sites for hydroxylation is 1. The second-order valence-corrected chi connectivity index (χ2v) is 9.76. The van der Waals surface area contributed by atoms with Crippen molar-refractivity contribution in [3.05, 3.63) is 59.2 Å². The van der Waals surface area contributed by atoms with Crippen LogP contribution in [-0.2, 0) is 32.2 Å². The Bertz CT molecular complexity index is 1420. The van der Waals surface area contributed by atoms with Crippen LogP contribution < -0.4 is 0 Å². The number of esters is 1. The average molecular weight is 483 g/mol. The number of carbonyl (C=O) groups is 1. The van der Waals surface area contributed by atoms with Gasteiger partial charge in [0.25, 0.3) is 10.0 Å². The van der Waals surface area contributed by atoms with Crippen LogP contribution in [0.25, 0.3) is 21.1 Å². The molecule has 0 unspecified atom stereocenters. The Hall–Kier alpha value is -2.92. The maximum Gasteiger partial charge on any atom is 0.416 e. The van der Waals surface area contributed by atoms with Crippen LogP contribution in [0.4, 0.5) is 13.2 Å². The minimum absolute atomic E-state index is 0.000802. The first-order valence-electron chi connectivity index (χ1n) is 9.48. The number of hydrogen-bond acceptors (Lipinski definition) is 6. The predicted octanol–water partition coefficient (Wildman–Crippen LogP) is 5.00. The molecule has 32 heavy (non-hydrogen) atoms. The molecule has 0 saturated carbocycles. The summed E-state index contributed by atoms with van der Waals surface area (Å²) in [6.07, 6.45) is -4.07. The molecular weight excluding hydrogens is 465 g/mol. The number of fused-ring (bicyclic) bond motifs is 2. The molecule has 2 aromatic carbocycles. The lowest BCUT2D eigenvalue weighted by Crippen LogP contribution is -2.16. The number of ether oxygens (including phenoxy) is 1. The van der Waals surface area contributed by atoms with Crippen molar-refractivity contribution in [1.29, 1.82) is 0 Å². The van der Waals surface area contributed by atoms with E-state index < -0.39 is 27.7 Å². The smallest absolute Gasteiger partial charge is 0.416 e. The highest BCUT2D eigenvalue weighted by atomic mass is 32.2. The maximum absolute atomic E-state index is 13.6. The van der Waals surface area contributed by atoms with E-state index in [4.69, 9.17) is 0 Å². The summed E-state index contributed by atoms with van der Waals surface area (Å²) in [7, 11) is -2.88. The number of rotatable bonds is 6. The molecular formula is C21H17F3N2O4S2. The zero-order valence-corrected chi connectivity index (χ0v) is 18.4. The minimum Gasteiger partial charge on any atom is -0.469 e. The summed E-state index contributed by atoms with van der Waals surface area (Å²) in [6, 6.07) is 8.87. The number of benzene rings is 2. The van der Waals surface area contributed by atoms with E-state index in [1.807, 2.05) is 0 Å². The van der Waals surface area contributed by atoms with Crippen molar-refractivity contribution in [3.63, 3.8) is 0 Å². The van der Waals surface area contributed by atoms with Gasteiger partial charge in [0.2, 0.25) is 0 Å². The molecule has 2 heterocycles. The van der Waals surface area contributed by atoms with E-state index in [-0.39, 0.29) is 40.8 Å². The molecule has 0 aliphatic heterocycles. The Morgan fingerprint density at radius 3 is 2.66 bits per heavy atom. The highest BCUT2D eigenvalue weighted by Gasteiger charge is 2.32. The van der Waals surface area contributed by atoms with Crippen LogP contribution >= 0.6 is 11.3 Å². The van der Waals surface area contributed by atoms with Gasteiger partial charge in [-0.15, -0.1) is 11.3 Å². The number of methoxy groups -OCH3 is 1. The number of hydrogen-bond donors (Lipinski definition) is 0. The van der Waals surface area contributed by atoms with E-state index in [0.29, 0.717) is 10.2 Å². The van der Waals surface area contributed by atoms with Gasteiger partial charge in [0.15, 0.2) is 0 Å². The number of aromatic nitrogens is 2. The first-order valence-corrected chi connectivity index (χ1v) is 11.8. The summed E-state index contributed by atoms with van der Waals surface area (Å²) in [5, 5.41) is 0.148. The van der Waals surface area contributed by atoms with Crippen LogP contribution in [-0.4, -0.2) is 30.5 Å². The largest absolute Gasteiger partial charge is 0.469 e. The molecule has 0 bridgehead atoms. The fourth-order valence-electron chi connectivity index (χ4n) is 3.50. The normalized spacial score (nSPS) is 12.5. The van der Waals surface area contributed by atoms with Gasteiger partial charge in [-0.25, -0.2) is 17.4 Å². The van der Waals surface area contributed by atoms with Crippen LogP contribution in [0, 0.1) is 0 Å². The first-order chi connectivity index (χ1) is 15.1. The maximum atomic E-state index is 13.6. The van der Waals surface area contributed by atoms with Crippen LogP contribution in [0.15, 0.2) is 52.9 Å². The summed E-state index contributed by atoms with van der Waals surface area (Å²) in [5.74, 6) is -0.453. The Balaban J connectivity index is 1.85. The molecule has 0 amide bonds. The van der Waals surface area contributed by atoms with Crippen molar-refractivity contribution in [2.45, 2.75) is 30.3 Å². The molecule has 0 aliphatic rings. The molecule has 2 aromatic heterocycles. The number of nitrogens with zero attached hydrogens (tertiary/aromatic N) is 2. The third kappa shape index (κ3) is 4.09. The Labute approximate surface area is 185 Å². The van der Waals surface area contributed by atoms with Crippen molar-refractivity contribution >= 4 is 48.4 Å². The first kappa shape index (κ1) is 22.3. The molecule has 4 aromatic rings. The molecule has 168 valence electrons. The average Bonchev–Trinajstić information content (AvgIpc) is 3.36. The molecule has 4 rings (SSSR count). The van der Waals surface area contributed by atoms with Crippen molar-refractivity contribution < 1.29 is 31.1 Å². The molecule has 0 saturated heterocycles. The van der Waals surface area contributed by atoms with Crippen LogP contribution in [0.1, 0.15) is 24.1 Å². The lowest BCUT2D eigenvalue weighted by Gasteiger charge is -2.13. The van der Waals surface area contributed by atoms with Gasteiger partial charge in [-0.2, -0.15) is 13.2 Å². The topological polar surface area (TPSA) is 78.3 Å². The number of carbonyl (C=O) groups excluding carboxylic acids is 1. The van der Waals surface area contributed by atoms with E-state index in [2.05, 4.69) is 9.72 Å². The van der Waals surface area contributed by atoms with Gasteiger partial charge in [0.05, 0.1) is 38.8 Å². The third-order valence-corrected chi connectivity index (χ3v) is 7.59. The van der Waals surface area contributed by atoms with Crippen LogP contribution in [0.5, 0.6) is 0 Å². The number of alkyl halides is 3. The molecule has 0 aliphatic carbocycles. The third-order valence-electron chi connectivity index (χ3n) is 5.04. The lowest BCUT2D eigenvalue weighted by atomic mass is 10.1. The fourth-order valence-corrected chi connectivity index (χ4v) is 5.89. The summed E-state index contributed by atoms with van der Waals surface area (Å²) in [6.45, 7) is 0. The molecule has 0 spiro atoms. The molecule has 0 fully saturated rings. The predicted molar refractivity (Wildman–Crippen MR) is 114 cm³/mol. The lowest BCUT2D eigenvalue weighted by molar-refractivity contribution is -0.140. The van der Waals surface area contributed by atoms with Gasteiger partial charge in [-0.1, -0.05) is 0 Å². The van der Waals surface area contributed by atoms with E-state index in [9.17, 15) is 26.4 Å². The molecule has 6 nitrogen and oxygen atoms in total. The van der Waals surface area contributed by atoms with Crippen molar-refractivity contribution in [2.75, 3.05) is 7.11 Å². The number of halogens is 3. The van der Waals surface area contributed by atoms with E-state index in [1.54, 1.807) is 11.6 Å². The van der Waals surface area contributed by atoms with Crippen LogP contribution in [0.3, 0.4) is 0 Å². The standard InChI is InChI=1S/C21H17F3N2O4S2/c1-30-20(27)4-2-3-15-10-13-9-14(21(22,23)24)5-8-18(13)26(15)32(28,29)16-6-7-17-19(11-16)31-12-25-17/h5-12H,2-4H2,1H3. The van der Waals surface area contributed by atoms with E-state index in [1.165, 1.54) is 36.6 Å². The second kappa shape index (κ2) is 8.21. The molecule has 0 radical (unpaired) electrons. The zero-order chi connectivity index (χ0) is 23.1. The summed E-state index contributed by atoms with van der Waals surface area (Å²) >= 11 is 1.29. The number of thiazole rings is 1. The van der Waals surface area contributed by atoms with Crippen molar-refractivity contribution in [2.24, 2.45) is 0 Å². The van der Waals surface area contributed by atoms with Gasteiger partial charge in [-0.05, 0) is 55.3 Å². The van der Waals surface area contributed by atoms with E-state index >= 15 is 0 Å². The fraction of sp³-hybridized carbons (Fsp3) is 0.238. The highest BCUT2D eigenvalue weighted by Crippen LogP contribution is 2.34. The second-order valence-electron chi connectivity index (χ2n) is 7.09. The van der Waals surface area contributed by atoms with Gasteiger partial charge < -0.3 is 4.74 Å². The summed E-state index contributed by atoms with van der Waals surface area (Å²) in [4.78, 5) is 15.6. The Morgan fingerprint density at radius 2 is 1.94 bits per heavy atom. The summed E-state index contributed by atoms with van der Waals surface area (Å²) < 4.78 is 73.0. The van der Waals surface area contributed by atoms with E-state index in [0.717, 1.165) is 22.2 Å². The Morgan fingerprint density at radius 1 is 1.16 bits per heavy atom. The summed E-state index contributed by atoms with van der Waals surface area (Å²) in [5.41, 5.74) is 1.80. The van der Waals surface area contributed by atoms with Gasteiger partial charge >= 0.3 is 12.1 Å². The van der Waals surface area contributed by atoms with Crippen LogP contribution in [0.2, 0.25) is 0 Å². The van der Waals surface area contributed by atoms with Gasteiger partial charge in [-0.3, -0.25) is 4.79 Å². The van der Waals surface area contributed by atoms with Gasteiger partial charge in [0, 0.05) is 17.5 Å². The zero-order valence-electron chi connectivity index (χ0n) is 16.7. The molecule has 0 N–H and O–H groups in total. The van der Waals surface area contributed by atoms with Crippen molar-refractivity contribution in [3.8, 4) is 0 Å². The highest BCUT2D eigenvalue weighted by molar-refractivity contribution is 7.90. The quantitative estimate of drug-likeness (QED) is 0.362. The Kier molecular flexibility index (Phi) is 5.72. The van der Waals surface area contributed by atoms with Crippen molar-refractivity contribution in [1.82, 2.24) is 8.96 Å². The van der Waals surface area contributed by atoms with Gasteiger partial charge in [0.1, 0.15) is 0 Å².